The van der Waals surface area contributed by atoms with Crippen molar-refractivity contribution >= 4 is 17.6 Å². The first-order valence-corrected chi connectivity index (χ1v) is 14.5. The molecule has 0 spiro atoms. The number of piperidine rings is 1. The van der Waals surface area contributed by atoms with Gasteiger partial charge in [-0.3, -0.25) is 4.79 Å². The SMILES string of the molecule is CCCC(=O)ONC(=O)c1nc(CC2CCN(c3ccc(C(C)(C)C)cc3)CC2)nc(C)c1OCc1ccccc1. The Labute approximate surface area is 243 Å². The van der Waals surface area contributed by atoms with Gasteiger partial charge in [-0.15, -0.1) is 0 Å². The Morgan fingerprint density at radius 1 is 1.00 bits per heavy atom. The minimum atomic E-state index is -0.627. The second-order valence-corrected chi connectivity index (χ2v) is 11.8. The first-order chi connectivity index (χ1) is 19.6. The molecular weight excluding hydrogens is 516 g/mol. The summed E-state index contributed by atoms with van der Waals surface area (Å²) in [6.07, 6.45) is 3.51. The smallest absolute Gasteiger partial charge is 0.332 e. The largest absolute Gasteiger partial charge is 0.485 e. The highest BCUT2D eigenvalue weighted by molar-refractivity contribution is 5.95. The number of benzene rings is 2. The fourth-order valence-corrected chi connectivity index (χ4v) is 5.00. The number of hydrogen-bond donors (Lipinski definition) is 1. The molecule has 1 aromatic heterocycles. The summed E-state index contributed by atoms with van der Waals surface area (Å²) in [7, 11) is 0. The van der Waals surface area contributed by atoms with Crippen LogP contribution in [0.4, 0.5) is 5.69 Å². The Bertz CT molecular complexity index is 1310. The number of nitrogens with one attached hydrogen (secondary N) is 1. The Morgan fingerprint density at radius 3 is 2.32 bits per heavy atom. The summed E-state index contributed by atoms with van der Waals surface area (Å²) >= 11 is 0. The third kappa shape index (κ3) is 8.28. The van der Waals surface area contributed by atoms with E-state index < -0.39 is 11.9 Å². The Kier molecular flexibility index (Phi) is 9.97. The Morgan fingerprint density at radius 2 is 1.68 bits per heavy atom. The molecule has 8 heteroatoms. The van der Waals surface area contributed by atoms with Crippen LogP contribution in [0.15, 0.2) is 54.6 Å². The summed E-state index contributed by atoms with van der Waals surface area (Å²) in [6, 6.07) is 18.6. The van der Waals surface area contributed by atoms with Crippen molar-refractivity contribution in [3.8, 4) is 5.75 Å². The van der Waals surface area contributed by atoms with Crippen molar-refractivity contribution in [2.45, 2.75) is 78.7 Å². The van der Waals surface area contributed by atoms with Crippen LogP contribution in [-0.4, -0.2) is 34.9 Å². The van der Waals surface area contributed by atoms with Crippen LogP contribution in [0.3, 0.4) is 0 Å². The number of carbonyl (C=O) groups excluding carboxylic acids is 2. The molecule has 1 amide bonds. The average molecular weight is 559 g/mol. The van der Waals surface area contributed by atoms with Crippen molar-refractivity contribution in [3.05, 3.63) is 82.9 Å². The summed E-state index contributed by atoms with van der Waals surface area (Å²) in [5.41, 5.74) is 6.58. The number of rotatable bonds is 9. The first kappa shape index (κ1) is 30.0. The lowest BCUT2D eigenvalue weighted by Crippen LogP contribution is -2.34. The highest BCUT2D eigenvalue weighted by Gasteiger charge is 2.25. The lowest BCUT2D eigenvalue weighted by atomic mass is 9.87. The van der Waals surface area contributed by atoms with Crippen molar-refractivity contribution in [1.29, 1.82) is 0 Å². The van der Waals surface area contributed by atoms with Gasteiger partial charge in [0.1, 0.15) is 12.4 Å². The highest BCUT2D eigenvalue weighted by atomic mass is 16.7. The van der Waals surface area contributed by atoms with E-state index in [1.54, 1.807) is 0 Å². The molecule has 1 saturated heterocycles. The van der Waals surface area contributed by atoms with Gasteiger partial charge in [-0.1, -0.05) is 70.2 Å². The van der Waals surface area contributed by atoms with Crippen LogP contribution in [0.25, 0.3) is 0 Å². The predicted octanol–water partition coefficient (Wildman–Crippen LogP) is 6.11. The molecule has 41 heavy (non-hydrogen) atoms. The van der Waals surface area contributed by atoms with E-state index in [4.69, 9.17) is 14.6 Å². The standard InChI is InChI=1S/C33H42N4O4/c1-6-10-29(38)41-36-32(39)30-31(40-22-25-11-8-7-9-12-25)23(2)34-28(35-30)21-24-17-19-37(20-18-24)27-15-13-26(14-16-27)33(3,4)5/h7-9,11-16,24H,6,10,17-22H2,1-5H3,(H,36,39). The number of amides is 1. The Hall–Kier alpha value is -3.94. The van der Waals surface area contributed by atoms with E-state index in [9.17, 15) is 9.59 Å². The van der Waals surface area contributed by atoms with Gasteiger partial charge in [-0.2, -0.15) is 5.48 Å². The maximum Gasteiger partial charge on any atom is 0.332 e. The normalized spacial score (nSPS) is 14.0. The van der Waals surface area contributed by atoms with Crippen molar-refractivity contribution in [2.75, 3.05) is 18.0 Å². The van der Waals surface area contributed by atoms with Gasteiger partial charge in [0, 0.05) is 31.6 Å². The Balaban J connectivity index is 1.45. The molecule has 0 radical (unpaired) electrons. The van der Waals surface area contributed by atoms with Crippen molar-refractivity contribution in [2.24, 2.45) is 5.92 Å². The fourth-order valence-electron chi connectivity index (χ4n) is 5.00. The van der Waals surface area contributed by atoms with E-state index in [2.05, 4.69) is 60.4 Å². The van der Waals surface area contributed by atoms with E-state index in [1.807, 2.05) is 44.2 Å². The molecule has 0 unspecified atom stereocenters. The molecule has 218 valence electrons. The summed E-state index contributed by atoms with van der Waals surface area (Å²) in [6.45, 7) is 12.5. The molecule has 3 aromatic rings. The molecule has 1 fully saturated rings. The van der Waals surface area contributed by atoms with Gasteiger partial charge in [0.15, 0.2) is 11.4 Å². The minimum Gasteiger partial charge on any atom is -0.485 e. The minimum absolute atomic E-state index is 0.0732. The molecular formula is C33H42N4O4. The van der Waals surface area contributed by atoms with Gasteiger partial charge in [0.2, 0.25) is 0 Å². The van der Waals surface area contributed by atoms with Crippen LogP contribution in [0, 0.1) is 12.8 Å². The number of aromatic nitrogens is 2. The zero-order chi connectivity index (χ0) is 29.4. The summed E-state index contributed by atoms with van der Waals surface area (Å²) < 4.78 is 6.03. The highest BCUT2D eigenvalue weighted by Crippen LogP contribution is 2.29. The molecule has 8 nitrogen and oxygen atoms in total. The molecule has 2 aromatic carbocycles. The molecule has 1 N–H and O–H groups in total. The van der Waals surface area contributed by atoms with Crippen LogP contribution < -0.4 is 15.1 Å². The van der Waals surface area contributed by atoms with Crippen LogP contribution >= 0.6 is 0 Å². The lowest BCUT2D eigenvalue weighted by molar-refractivity contribution is -0.149. The maximum absolute atomic E-state index is 13.1. The van der Waals surface area contributed by atoms with Crippen molar-refractivity contribution in [3.63, 3.8) is 0 Å². The van der Waals surface area contributed by atoms with E-state index in [0.29, 0.717) is 30.3 Å². The van der Waals surface area contributed by atoms with Crippen LogP contribution in [0.2, 0.25) is 0 Å². The quantitative estimate of drug-likeness (QED) is 0.317. The first-order valence-electron chi connectivity index (χ1n) is 14.5. The topological polar surface area (TPSA) is 93.6 Å². The van der Waals surface area contributed by atoms with E-state index >= 15 is 0 Å². The molecule has 0 aliphatic carbocycles. The second kappa shape index (κ2) is 13.6. The molecule has 2 heterocycles. The average Bonchev–Trinajstić information content (AvgIpc) is 2.96. The number of hydroxylamine groups is 1. The van der Waals surface area contributed by atoms with E-state index in [1.165, 1.54) is 11.3 Å². The third-order valence-electron chi connectivity index (χ3n) is 7.42. The van der Waals surface area contributed by atoms with Crippen molar-refractivity contribution < 1.29 is 19.2 Å². The van der Waals surface area contributed by atoms with Gasteiger partial charge >= 0.3 is 11.9 Å². The zero-order valence-electron chi connectivity index (χ0n) is 24.9. The zero-order valence-corrected chi connectivity index (χ0v) is 24.9. The van der Waals surface area contributed by atoms with Crippen LogP contribution in [-0.2, 0) is 28.1 Å². The van der Waals surface area contributed by atoms with E-state index in [0.717, 1.165) is 31.5 Å². The van der Waals surface area contributed by atoms with E-state index in [-0.39, 0.29) is 29.9 Å². The lowest BCUT2D eigenvalue weighted by Gasteiger charge is -2.34. The van der Waals surface area contributed by atoms with Gasteiger partial charge in [0.05, 0.1) is 5.69 Å². The molecule has 0 bridgehead atoms. The van der Waals surface area contributed by atoms with Gasteiger partial charge in [-0.25, -0.2) is 14.8 Å². The number of hydrogen-bond acceptors (Lipinski definition) is 7. The number of carbonyl (C=O) groups is 2. The number of aryl methyl sites for hydroxylation is 1. The van der Waals surface area contributed by atoms with Gasteiger partial charge < -0.3 is 14.5 Å². The third-order valence-corrected chi connectivity index (χ3v) is 7.42. The fraction of sp³-hybridized carbons (Fsp3) is 0.455. The molecule has 1 aliphatic heterocycles. The molecule has 0 saturated carbocycles. The molecule has 0 atom stereocenters. The second-order valence-electron chi connectivity index (χ2n) is 11.8. The maximum atomic E-state index is 13.1. The number of anilines is 1. The summed E-state index contributed by atoms with van der Waals surface area (Å²) in [4.78, 5) is 41.7. The van der Waals surface area contributed by atoms with Crippen LogP contribution in [0.1, 0.15) is 86.5 Å². The summed E-state index contributed by atoms with van der Waals surface area (Å²) in [5.74, 6) is 0.146. The molecule has 1 aliphatic rings. The monoisotopic (exact) mass is 558 g/mol. The van der Waals surface area contributed by atoms with Crippen LogP contribution in [0.5, 0.6) is 5.75 Å². The predicted molar refractivity (Wildman–Crippen MR) is 160 cm³/mol. The molecule has 4 rings (SSSR count). The number of ether oxygens (including phenoxy) is 1. The van der Waals surface area contributed by atoms with Crippen molar-refractivity contribution in [1.82, 2.24) is 15.4 Å². The van der Waals surface area contributed by atoms with Gasteiger partial charge in [0.25, 0.3) is 0 Å². The number of nitrogens with zero attached hydrogens (tertiary/aromatic N) is 3. The van der Waals surface area contributed by atoms with Gasteiger partial charge in [-0.05, 0) is 60.8 Å². The summed E-state index contributed by atoms with van der Waals surface area (Å²) in [5, 5.41) is 0.